The normalized spacial score (nSPS) is 15.9. The number of esters is 3. The molecule has 0 fully saturated rings. The van der Waals surface area contributed by atoms with Gasteiger partial charge in [-0.05, 0) is 105 Å². The summed E-state index contributed by atoms with van der Waals surface area (Å²) in [5, 5.41) is 8.13. The van der Waals surface area contributed by atoms with E-state index in [0.717, 1.165) is 75.2 Å². The second-order valence-corrected chi connectivity index (χ2v) is 20.7. The molecule has 20 heteroatoms. The zero-order valence-corrected chi connectivity index (χ0v) is 42.8. The van der Waals surface area contributed by atoms with Crippen LogP contribution in [-0.4, -0.2) is 91.1 Å². The first-order valence-corrected chi connectivity index (χ1v) is 26.3. The minimum absolute atomic E-state index is 0.262. The van der Waals surface area contributed by atoms with Crippen molar-refractivity contribution in [1.29, 1.82) is 0 Å². The Hall–Kier alpha value is -4.21. The van der Waals surface area contributed by atoms with Crippen LogP contribution in [0.1, 0.15) is 66.1 Å². The molecular formula is C48H50Cl3N3O10S4. The van der Waals surface area contributed by atoms with Gasteiger partial charge in [-0.2, -0.15) is 8.42 Å². The van der Waals surface area contributed by atoms with Crippen LogP contribution in [0.5, 0.6) is 0 Å². The van der Waals surface area contributed by atoms with Gasteiger partial charge in [-0.1, -0.05) is 89.4 Å². The fourth-order valence-electron chi connectivity index (χ4n) is 8.32. The highest BCUT2D eigenvalue weighted by atomic mass is 35.5. The molecular weight excluding hydrogens is 1010 g/mol. The predicted octanol–water partition coefficient (Wildman–Crippen LogP) is 10.4. The molecule has 3 atom stereocenters. The standard InChI is InChI=1S/3C16H16ClNO2S.H2O4S/c3*1-20-16(19)15(12-4-2-3-5-13(12)17)18-8-6-14-11(10-18)7-9-21-14;1-5(2,3)4/h3*2-5,7,9,15H,6,8,10H2,1H3;(H2,1,2,3,4)/t3*15-;/m000./s1. The SMILES string of the molecule is COC(=O)[C@H](c1ccccc1Cl)N1CCc2sccc2C1.COC(=O)[C@H](c1ccccc1Cl)N1CCc2sccc2C1.COC(=O)[C@H](c1ccccc1Cl)N1CCc2sccc2C1.O=S(=O)(O)O. The van der Waals surface area contributed by atoms with Crippen molar-refractivity contribution >= 4 is 97.1 Å². The Labute approximate surface area is 423 Å². The molecule has 0 unspecified atom stereocenters. The topological polar surface area (TPSA) is 163 Å². The third-order valence-corrected chi connectivity index (χ3v) is 15.6. The van der Waals surface area contributed by atoms with Crippen molar-refractivity contribution < 1.29 is 46.1 Å². The van der Waals surface area contributed by atoms with Gasteiger partial charge < -0.3 is 14.2 Å². The second kappa shape index (κ2) is 25.1. The molecule has 9 rings (SSSR count). The quantitative estimate of drug-likeness (QED) is 0.0800. The lowest BCUT2D eigenvalue weighted by Gasteiger charge is -2.33. The lowest BCUT2D eigenvalue weighted by atomic mass is 10.0. The summed E-state index contributed by atoms with van der Waals surface area (Å²) in [4.78, 5) is 47.5. The van der Waals surface area contributed by atoms with E-state index in [0.29, 0.717) is 15.1 Å². The molecule has 0 saturated carbocycles. The summed E-state index contributed by atoms with van der Waals surface area (Å²) in [6.45, 7) is 4.76. The third kappa shape index (κ3) is 14.0. The molecule has 0 saturated heterocycles. The Bertz CT molecular complexity index is 2490. The molecule has 362 valence electrons. The number of carbonyl (C=O) groups is 3. The van der Waals surface area contributed by atoms with E-state index in [4.69, 9.17) is 66.5 Å². The fourth-order valence-corrected chi connectivity index (χ4v) is 11.7. The highest BCUT2D eigenvalue weighted by Crippen LogP contribution is 2.37. The number of carbonyl (C=O) groups excluding carboxylic acids is 3. The molecule has 13 nitrogen and oxygen atoms in total. The molecule has 0 bridgehead atoms. The number of nitrogens with zero attached hydrogens (tertiary/aromatic N) is 3. The van der Waals surface area contributed by atoms with Gasteiger partial charge in [-0.25, -0.2) is 14.4 Å². The second-order valence-electron chi connectivity index (χ2n) is 15.6. The molecule has 0 amide bonds. The number of halogens is 3. The van der Waals surface area contributed by atoms with Crippen LogP contribution < -0.4 is 0 Å². The molecule has 0 aliphatic carbocycles. The van der Waals surface area contributed by atoms with Gasteiger partial charge >= 0.3 is 28.3 Å². The van der Waals surface area contributed by atoms with Gasteiger partial charge in [0.2, 0.25) is 0 Å². The van der Waals surface area contributed by atoms with E-state index in [1.54, 1.807) is 34.0 Å². The van der Waals surface area contributed by atoms with Gasteiger partial charge in [0.25, 0.3) is 0 Å². The average molecular weight is 1060 g/mol. The number of methoxy groups -OCH3 is 3. The summed E-state index contributed by atoms with van der Waals surface area (Å²) in [5.41, 5.74) is 6.32. The zero-order chi connectivity index (χ0) is 49.0. The number of hydrogen-bond acceptors (Lipinski definition) is 14. The molecule has 0 radical (unpaired) electrons. The molecule has 3 aliphatic heterocycles. The zero-order valence-electron chi connectivity index (χ0n) is 37.3. The van der Waals surface area contributed by atoms with Crippen LogP contribution in [0.15, 0.2) is 107 Å². The largest absolute Gasteiger partial charge is 0.468 e. The number of benzene rings is 3. The van der Waals surface area contributed by atoms with Gasteiger partial charge in [0.1, 0.15) is 18.1 Å². The van der Waals surface area contributed by atoms with Crippen molar-refractivity contribution in [2.24, 2.45) is 0 Å². The molecule has 0 spiro atoms. The Balaban J connectivity index is 0.000000160. The Morgan fingerprint density at radius 3 is 0.985 bits per heavy atom. The molecule has 2 N–H and O–H groups in total. The van der Waals surface area contributed by atoms with Crippen molar-refractivity contribution in [3.8, 4) is 0 Å². The Morgan fingerprint density at radius 2 is 0.750 bits per heavy atom. The highest BCUT2D eigenvalue weighted by Gasteiger charge is 2.35. The summed E-state index contributed by atoms with van der Waals surface area (Å²) in [7, 11) is -0.398. The van der Waals surface area contributed by atoms with Crippen LogP contribution in [0.25, 0.3) is 0 Å². The van der Waals surface area contributed by atoms with Gasteiger partial charge in [0.05, 0.1) is 21.3 Å². The minimum Gasteiger partial charge on any atom is -0.468 e. The maximum absolute atomic E-state index is 12.3. The summed E-state index contributed by atoms with van der Waals surface area (Å²) < 4.78 is 46.6. The van der Waals surface area contributed by atoms with Crippen molar-refractivity contribution in [3.63, 3.8) is 0 Å². The van der Waals surface area contributed by atoms with Crippen molar-refractivity contribution in [3.05, 3.63) is 170 Å². The number of rotatable bonds is 9. The van der Waals surface area contributed by atoms with E-state index in [-0.39, 0.29) is 17.9 Å². The number of thiophene rings is 3. The average Bonchev–Trinajstić information content (AvgIpc) is 4.12. The van der Waals surface area contributed by atoms with Gasteiger partial charge in [0.15, 0.2) is 0 Å². The van der Waals surface area contributed by atoms with Crippen LogP contribution in [0.4, 0.5) is 0 Å². The Morgan fingerprint density at radius 1 is 0.500 bits per heavy atom. The van der Waals surface area contributed by atoms with E-state index < -0.39 is 28.5 Å². The molecule has 3 aromatic heterocycles. The highest BCUT2D eigenvalue weighted by molar-refractivity contribution is 7.79. The van der Waals surface area contributed by atoms with E-state index in [1.165, 1.54) is 52.7 Å². The monoisotopic (exact) mass is 1060 g/mol. The van der Waals surface area contributed by atoms with Crippen LogP contribution in [0.3, 0.4) is 0 Å². The maximum Gasteiger partial charge on any atom is 0.394 e. The molecule has 3 aliphatic rings. The first kappa shape index (κ1) is 53.1. The summed E-state index contributed by atoms with van der Waals surface area (Å²) in [6.07, 6.45) is 2.89. The van der Waals surface area contributed by atoms with Gasteiger partial charge in [-0.3, -0.25) is 23.8 Å². The fraction of sp³-hybridized carbons (Fsp3) is 0.312. The predicted molar refractivity (Wildman–Crippen MR) is 268 cm³/mol. The first-order chi connectivity index (χ1) is 32.6. The number of ether oxygens (including phenoxy) is 3. The van der Waals surface area contributed by atoms with Crippen molar-refractivity contribution in [2.45, 2.75) is 57.0 Å². The minimum atomic E-state index is -4.67. The molecule has 6 heterocycles. The lowest BCUT2D eigenvalue weighted by molar-refractivity contribution is -0.148. The van der Waals surface area contributed by atoms with E-state index in [9.17, 15) is 14.4 Å². The summed E-state index contributed by atoms with van der Waals surface area (Å²) in [6, 6.07) is 27.5. The Kier molecular flexibility index (Phi) is 19.6. The number of fused-ring (bicyclic) bond motifs is 3. The smallest absolute Gasteiger partial charge is 0.394 e. The van der Waals surface area contributed by atoms with Crippen LogP contribution in [0.2, 0.25) is 15.1 Å². The van der Waals surface area contributed by atoms with E-state index in [1.807, 2.05) is 72.8 Å². The van der Waals surface area contributed by atoms with Gasteiger partial charge in [-0.15, -0.1) is 34.0 Å². The maximum atomic E-state index is 12.3. The van der Waals surface area contributed by atoms with Crippen LogP contribution in [-0.2, 0) is 77.9 Å². The number of hydrogen-bond donors (Lipinski definition) is 2. The van der Waals surface area contributed by atoms with Crippen LogP contribution in [0, 0.1) is 0 Å². The molecule has 6 aromatic rings. The third-order valence-electron chi connectivity index (χ3n) is 11.5. The van der Waals surface area contributed by atoms with E-state index in [2.05, 4.69) is 49.0 Å². The first-order valence-electron chi connectivity index (χ1n) is 21.2. The summed E-state index contributed by atoms with van der Waals surface area (Å²) in [5.74, 6) is -0.787. The summed E-state index contributed by atoms with van der Waals surface area (Å²) >= 11 is 24.2. The van der Waals surface area contributed by atoms with Crippen LogP contribution >= 0.6 is 68.8 Å². The molecule has 68 heavy (non-hydrogen) atoms. The lowest BCUT2D eigenvalue weighted by Crippen LogP contribution is -2.38. The van der Waals surface area contributed by atoms with Crippen molar-refractivity contribution in [2.75, 3.05) is 41.0 Å². The van der Waals surface area contributed by atoms with Gasteiger partial charge in [0, 0.05) is 69.0 Å². The van der Waals surface area contributed by atoms with Crippen molar-refractivity contribution in [1.82, 2.24) is 14.7 Å². The van der Waals surface area contributed by atoms with E-state index >= 15 is 0 Å². The molecule has 3 aromatic carbocycles.